The van der Waals surface area contributed by atoms with Crippen LogP contribution in [0, 0.1) is 23.7 Å². The number of ether oxygens (including phenoxy) is 1. The van der Waals surface area contributed by atoms with E-state index in [2.05, 4.69) is 11.8 Å². The monoisotopic (exact) mass is 692 g/mol. The van der Waals surface area contributed by atoms with E-state index < -0.39 is 52.8 Å². The number of benzene rings is 4. The molecule has 0 bridgehead atoms. The maximum absolute atomic E-state index is 14.5. The van der Waals surface area contributed by atoms with Crippen molar-refractivity contribution in [2.24, 2.45) is 11.8 Å². The van der Waals surface area contributed by atoms with Crippen LogP contribution in [0.2, 0.25) is 0 Å². The third-order valence-electron chi connectivity index (χ3n) is 9.62. The average Bonchev–Trinajstić information content (AvgIpc) is 3.04. The fourth-order valence-electron chi connectivity index (χ4n) is 7.45. The lowest BCUT2D eigenvalue weighted by molar-refractivity contribution is 0.0628. The first-order chi connectivity index (χ1) is 24.3. The molecule has 51 heavy (non-hydrogen) atoms. The van der Waals surface area contributed by atoms with Gasteiger partial charge in [0.05, 0.1) is 5.92 Å². The normalized spacial score (nSPS) is 21.1. The topological polar surface area (TPSA) is 205 Å². The van der Waals surface area contributed by atoms with Gasteiger partial charge in [0.15, 0.2) is 11.6 Å². The van der Waals surface area contributed by atoms with E-state index in [0.29, 0.717) is 5.56 Å². The number of carbonyl (C=O) groups excluding carboxylic acids is 2. The second kappa shape index (κ2) is 13.6. The molecule has 11 heteroatoms. The van der Waals surface area contributed by atoms with Gasteiger partial charge in [-0.2, -0.15) is 0 Å². The molecule has 1 heterocycles. The first-order valence-corrected chi connectivity index (χ1v) is 16.3. The Morgan fingerprint density at radius 2 is 1.47 bits per heavy atom. The molecule has 8 N–H and O–H groups in total. The van der Waals surface area contributed by atoms with Gasteiger partial charge in [0, 0.05) is 65.1 Å². The molecule has 0 radical (unpaired) electrons. The Hall–Kier alpha value is -6.28. The van der Waals surface area contributed by atoms with Gasteiger partial charge in [-0.1, -0.05) is 17.7 Å². The highest BCUT2D eigenvalue weighted by atomic mass is 16.5. The second-order valence-electron chi connectivity index (χ2n) is 13.0. The molecule has 1 aliphatic heterocycles. The number of fused-ring (bicyclic) bond motifs is 1. The minimum absolute atomic E-state index is 0.0663. The van der Waals surface area contributed by atoms with E-state index in [1.165, 1.54) is 42.5 Å². The van der Waals surface area contributed by atoms with Crippen molar-refractivity contribution < 1.29 is 55.2 Å². The zero-order chi connectivity index (χ0) is 36.7. The number of allylic oxidation sites excluding steroid dienone is 2. The quantitative estimate of drug-likeness (QED) is 0.0575. The second-order valence-corrected chi connectivity index (χ2v) is 13.0. The largest absolute Gasteiger partial charge is 0.508 e. The zero-order valence-corrected chi connectivity index (χ0v) is 27.7. The van der Waals surface area contributed by atoms with E-state index in [0.717, 1.165) is 23.8 Å². The smallest absolute Gasteiger partial charge is 0.177 e. The van der Waals surface area contributed by atoms with Crippen LogP contribution in [0.3, 0.4) is 0 Å². The number of phenolic OH excluding ortho intramolecular Hbond substituents is 8. The summed E-state index contributed by atoms with van der Waals surface area (Å²) in [5.74, 6) is -2.39. The molecule has 0 saturated carbocycles. The summed E-state index contributed by atoms with van der Waals surface area (Å²) in [5.41, 5.74) is 0.858. The fraction of sp³-hybridized carbons (Fsp3) is 0.250. The summed E-state index contributed by atoms with van der Waals surface area (Å²) in [6.45, 7) is 3.44. The van der Waals surface area contributed by atoms with Crippen molar-refractivity contribution in [3.05, 3.63) is 100 Å². The summed E-state index contributed by atoms with van der Waals surface area (Å²) >= 11 is 0. The molecule has 4 aromatic carbocycles. The van der Waals surface area contributed by atoms with Crippen molar-refractivity contribution in [2.75, 3.05) is 0 Å². The van der Waals surface area contributed by atoms with Crippen molar-refractivity contribution in [1.29, 1.82) is 0 Å². The van der Waals surface area contributed by atoms with Crippen molar-refractivity contribution in [3.8, 4) is 63.6 Å². The minimum atomic E-state index is -1.17. The number of aromatic hydroxyl groups is 8. The van der Waals surface area contributed by atoms with Gasteiger partial charge in [-0.15, -0.1) is 11.8 Å². The van der Waals surface area contributed by atoms with Gasteiger partial charge in [-0.05, 0) is 62.6 Å². The van der Waals surface area contributed by atoms with Gasteiger partial charge >= 0.3 is 0 Å². The maximum atomic E-state index is 14.5. The molecule has 5 unspecified atom stereocenters. The van der Waals surface area contributed by atoms with Crippen LogP contribution in [0.5, 0.6) is 51.7 Å². The molecule has 0 saturated heterocycles. The Balaban J connectivity index is 1.54. The number of rotatable bonds is 7. The van der Waals surface area contributed by atoms with Gasteiger partial charge in [0.25, 0.3) is 0 Å². The molecule has 262 valence electrons. The Morgan fingerprint density at radius 3 is 2.16 bits per heavy atom. The predicted octanol–water partition coefficient (Wildman–Crippen LogP) is 6.78. The maximum Gasteiger partial charge on any atom is 0.177 e. The van der Waals surface area contributed by atoms with Crippen molar-refractivity contribution in [2.45, 2.75) is 51.0 Å². The molecule has 5 atom stereocenters. The predicted molar refractivity (Wildman–Crippen MR) is 185 cm³/mol. The highest BCUT2D eigenvalue weighted by Crippen LogP contribution is 2.55. The fourth-order valence-corrected chi connectivity index (χ4v) is 7.45. The SMILES string of the molecule is CC#CCCC1C(=O)c2c(O)cc(O)cc2OC1c1ccc(O)c(C2C=C(C)CC(c3ccc(O)cc3O)C2C(=O)c2cc(O)cc(O)c2)c1O. The highest BCUT2D eigenvalue weighted by molar-refractivity contribution is 6.04. The number of hydrogen-bond donors (Lipinski definition) is 8. The molecule has 0 aromatic heterocycles. The van der Waals surface area contributed by atoms with E-state index in [-0.39, 0.29) is 81.8 Å². The van der Waals surface area contributed by atoms with Crippen LogP contribution < -0.4 is 4.74 Å². The van der Waals surface area contributed by atoms with Gasteiger partial charge in [-0.3, -0.25) is 9.59 Å². The number of Topliss-reactive ketones (excluding diaryl/α,β-unsaturated/α-hetero) is 2. The van der Waals surface area contributed by atoms with Crippen LogP contribution in [-0.4, -0.2) is 52.4 Å². The van der Waals surface area contributed by atoms with Gasteiger partial charge in [0.1, 0.15) is 63.4 Å². The molecular weight excluding hydrogens is 656 g/mol. The molecular formula is C40H36O11. The lowest BCUT2D eigenvalue weighted by Gasteiger charge is -2.38. The van der Waals surface area contributed by atoms with Crippen LogP contribution in [-0.2, 0) is 0 Å². The Kier molecular flexibility index (Phi) is 9.19. The third kappa shape index (κ3) is 6.44. The molecule has 11 nitrogen and oxygen atoms in total. The Morgan fingerprint density at radius 1 is 0.804 bits per heavy atom. The molecule has 0 fully saturated rings. The van der Waals surface area contributed by atoms with E-state index in [1.54, 1.807) is 19.9 Å². The first kappa shape index (κ1) is 34.6. The lowest BCUT2D eigenvalue weighted by Crippen LogP contribution is -2.33. The average molecular weight is 693 g/mol. The molecule has 0 amide bonds. The number of hydrogen-bond acceptors (Lipinski definition) is 11. The standard InChI is InChI=1S/C40H36O11/c1-3-4-5-6-26-39(50)36-32(47)17-24(44)18-33(36)51-40(26)27-9-10-30(45)35(38(27)49)29-12-19(2)11-28(25-8-7-21(41)16-31(25)46)34(29)37(48)20-13-22(42)15-23(43)14-20/h7-10,12-18,26,28-29,34,40-47,49H,5-6,11H2,1-2H3. The van der Waals surface area contributed by atoms with Crippen molar-refractivity contribution in [1.82, 2.24) is 0 Å². The van der Waals surface area contributed by atoms with Crippen LogP contribution >= 0.6 is 0 Å². The summed E-state index contributed by atoms with van der Waals surface area (Å²) in [6, 6.07) is 12.3. The number of phenols is 8. The molecule has 1 aliphatic carbocycles. The summed E-state index contributed by atoms with van der Waals surface area (Å²) in [5, 5.41) is 85.8. The van der Waals surface area contributed by atoms with Crippen LogP contribution in [0.25, 0.3) is 0 Å². The highest BCUT2D eigenvalue weighted by Gasteiger charge is 2.45. The summed E-state index contributed by atoms with van der Waals surface area (Å²) in [4.78, 5) is 28.4. The number of carbonyl (C=O) groups is 2. The summed E-state index contributed by atoms with van der Waals surface area (Å²) < 4.78 is 6.24. The molecule has 4 aromatic rings. The Labute approximate surface area is 293 Å². The van der Waals surface area contributed by atoms with E-state index in [9.17, 15) is 50.4 Å². The number of ketones is 2. The summed E-state index contributed by atoms with van der Waals surface area (Å²) in [6.07, 6.45) is 1.24. The van der Waals surface area contributed by atoms with Gasteiger partial charge < -0.3 is 45.6 Å². The van der Waals surface area contributed by atoms with Crippen LogP contribution in [0.1, 0.15) is 88.5 Å². The van der Waals surface area contributed by atoms with Crippen molar-refractivity contribution in [3.63, 3.8) is 0 Å². The molecule has 0 spiro atoms. The summed E-state index contributed by atoms with van der Waals surface area (Å²) in [7, 11) is 0. The van der Waals surface area contributed by atoms with Gasteiger partial charge in [-0.25, -0.2) is 0 Å². The van der Waals surface area contributed by atoms with Crippen molar-refractivity contribution >= 4 is 11.6 Å². The van der Waals surface area contributed by atoms with E-state index in [1.807, 2.05) is 0 Å². The van der Waals surface area contributed by atoms with Crippen LogP contribution in [0.15, 0.2) is 72.3 Å². The lowest BCUT2D eigenvalue weighted by atomic mass is 9.65. The first-order valence-electron chi connectivity index (χ1n) is 16.3. The van der Waals surface area contributed by atoms with Gasteiger partial charge in [0.2, 0.25) is 0 Å². The molecule has 2 aliphatic rings. The van der Waals surface area contributed by atoms with E-state index >= 15 is 0 Å². The van der Waals surface area contributed by atoms with E-state index in [4.69, 9.17) is 4.74 Å². The Bertz CT molecular complexity index is 2140. The minimum Gasteiger partial charge on any atom is -0.508 e. The van der Waals surface area contributed by atoms with Crippen LogP contribution in [0.4, 0.5) is 0 Å². The third-order valence-corrected chi connectivity index (χ3v) is 9.62. The zero-order valence-electron chi connectivity index (χ0n) is 27.7. The molecule has 6 rings (SSSR count).